The highest BCUT2D eigenvalue weighted by Crippen LogP contribution is 2.40. The number of hydrogen-bond donors (Lipinski definition) is 0. The number of para-hydroxylation sites is 6. The van der Waals surface area contributed by atoms with Crippen LogP contribution in [0.2, 0.25) is 0 Å². The second kappa shape index (κ2) is 15.5. The van der Waals surface area contributed by atoms with E-state index < -0.39 is 0 Å². The van der Waals surface area contributed by atoms with Crippen molar-refractivity contribution in [2.24, 2.45) is 0 Å². The molecule has 13 aromatic rings. The molecule has 0 aliphatic rings. The molecular formula is C63H48N6. The highest BCUT2D eigenvalue weighted by Gasteiger charge is 2.22. The van der Waals surface area contributed by atoms with Gasteiger partial charge in [-0.2, -0.15) is 0 Å². The van der Waals surface area contributed by atoms with Crippen molar-refractivity contribution in [2.45, 2.75) is 41.5 Å². The van der Waals surface area contributed by atoms with Crippen LogP contribution in [0.3, 0.4) is 0 Å². The van der Waals surface area contributed by atoms with E-state index in [1.54, 1.807) is 0 Å². The highest BCUT2D eigenvalue weighted by molar-refractivity contribution is 6.11. The second-order valence-corrected chi connectivity index (χ2v) is 18.8. The van der Waals surface area contributed by atoms with Gasteiger partial charge < -0.3 is 13.7 Å². The van der Waals surface area contributed by atoms with Crippen LogP contribution < -0.4 is 0 Å². The number of nitrogens with zero attached hydrogens (tertiary/aromatic N) is 6. The van der Waals surface area contributed by atoms with Crippen LogP contribution in [0.25, 0.3) is 117 Å². The first-order valence-electron chi connectivity index (χ1n) is 23.8. The fourth-order valence-corrected chi connectivity index (χ4v) is 11.6. The zero-order chi connectivity index (χ0) is 46.7. The number of benzene rings is 9. The third-order valence-electron chi connectivity index (χ3n) is 14.3. The zero-order valence-corrected chi connectivity index (χ0v) is 39.5. The molecule has 0 amide bonds. The first-order chi connectivity index (χ1) is 33.7. The van der Waals surface area contributed by atoms with Crippen molar-refractivity contribution >= 4 is 65.4 Å². The smallest absolute Gasteiger partial charge is 0.164 e. The molecule has 0 aliphatic carbocycles. The standard InChI is InChI=1S/C63H48N6/c1-37-31-43(32-38(2)58(37)67-52-25-13-7-19-46(52)47-20-8-14-26-53(47)67)61-64-62(44-33-39(3)59(40(4)34-44)68-54-27-15-9-21-48(54)49-22-10-16-28-55(49)68)66-63(65-61)45-35-41(5)60(42(6)36-45)69-56-29-17-11-23-50(56)51-24-12-18-30-57(51)69/h7-36H,1-6H3. The largest absolute Gasteiger partial charge is 0.309 e. The zero-order valence-electron chi connectivity index (χ0n) is 39.5. The minimum atomic E-state index is 0.638. The van der Waals surface area contributed by atoms with Crippen molar-refractivity contribution in [2.75, 3.05) is 0 Å². The Labute approximate surface area is 400 Å². The van der Waals surface area contributed by atoms with E-state index in [-0.39, 0.29) is 0 Å². The number of hydrogen-bond acceptors (Lipinski definition) is 3. The molecule has 0 N–H and O–H groups in total. The van der Waals surface area contributed by atoms with Crippen LogP contribution in [-0.4, -0.2) is 28.7 Å². The van der Waals surface area contributed by atoms with Gasteiger partial charge in [-0.05, 0) is 148 Å². The first-order valence-corrected chi connectivity index (χ1v) is 23.8. The van der Waals surface area contributed by atoms with Crippen LogP contribution in [-0.2, 0) is 0 Å². The summed E-state index contributed by atoms with van der Waals surface area (Å²) in [6.45, 7) is 13.2. The number of rotatable bonds is 6. The van der Waals surface area contributed by atoms with Crippen molar-refractivity contribution < 1.29 is 0 Å². The normalized spacial score (nSPS) is 11.9. The van der Waals surface area contributed by atoms with Gasteiger partial charge in [0, 0.05) is 49.0 Å². The Morgan fingerprint density at radius 1 is 0.246 bits per heavy atom. The van der Waals surface area contributed by atoms with Crippen molar-refractivity contribution in [1.29, 1.82) is 0 Å². The maximum Gasteiger partial charge on any atom is 0.164 e. The van der Waals surface area contributed by atoms with Gasteiger partial charge in [0.25, 0.3) is 0 Å². The van der Waals surface area contributed by atoms with E-state index >= 15 is 0 Å². The van der Waals surface area contributed by atoms with Gasteiger partial charge in [-0.15, -0.1) is 0 Å². The summed E-state index contributed by atoms with van der Waals surface area (Å²) in [6.07, 6.45) is 0. The van der Waals surface area contributed by atoms with Crippen molar-refractivity contribution in [3.63, 3.8) is 0 Å². The molecule has 0 atom stereocenters. The number of aryl methyl sites for hydroxylation is 6. The van der Waals surface area contributed by atoms with E-state index in [1.165, 1.54) is 82.5 Å². The summed E-state index contributed by atoms with van der Waals surface area (Å²) in [5.41, 5.74) is 20.3. The van der Waals surface area contributed by atoms with Crippen LogP contribution in [0.1, 0.15) is 33.4 Å². The number of fused-ring (bicyclic) bond motifs is 9. The molecular weight excluding hydrogens is 841 g/mol. The summed E-state index contributed by atoms with van der Waals surface area (Å²) in [7, 11) is 0. The Balaban J connectivity index is 1.00. The summed E-state index contributed by atoms with van der Waals surface area (Å²) in [6, 6.07) is 65.7. The van der Waals surface area contributed by atoms with Crippen molar-refractivity contribution in [1.82, 2.24) is 28.7 Å². The fraction of sp³-hybridized carbons (Fsp3) is 0.0952. The van der Waals surface area contributed by atoms with E-state index in [0.29, 0.717) is 17.5 Å². The molecule has 13 rings (SSSR count). The Hall–Kier alpha value is -8.61. The number of aromatic nitrogens is 6. The first kappa shape index (κ1) is 40.6. The third-order valence-corrected chi connectivity index (χ3v) is 14.3. The quantitative estimate of drug-likeness (QED) is 0.167. The molecule has 0 saturated carbocycles. The summed E-state index contributed by atoms with van der Waals surface area (Å²) < 4.78 is 7.24. The Kier molecular flexibility index (Phi) is 9.12. The van der Waals surface area contributed by atoms with Crippen LogP contribution >= 0.6 is 0 Å². The summed E-state index contributed by atoms with van der Waals surface area (Å²) >= 11 is 0. The molecule has 9 aromatic carbocycles. The molecule has 6 nitrogen and oxygen atoms in total. The summed E-state index contributed by atoms with van der Waals surface area (Å²) in [5, 5.41) is 7.46. The molecule has 0 spiro atoms. The maximum atomic E-state index is 5.38. The van der Waals surface area contributed by atoms with E-state index in [4.69, 9.17) is 15.0 Å². The molecule has 330 valence electrons. The molecule has 0 radical (unpaired) electrons. The average molecular weight is 889 g/mol. The van der Waals surface area contributed by atoms with Gasteiger partial charge in [0.05, 0.1) is 50.2 Å². The van der Waals surface area contributed by atoms with Gasteiger partial charge in [-0.1, -0.05) is 109 Å². The van der Waals surface area contributed by atoms with Crippen LogP contribution in [0.5, 0.6) is 0 Å². The molecule has 69 heavy (non-hydrogen) atoms. The Bertz CT molecular complexity index is 3600. The highest BCUT2D eigenvalue weighted by atomic mass is 15.0. The minimum absolute atomic E-state index is 0.638. The SMILES string of the molecule is Cc1cc(-c2nc(-c3cc(C)c(-n4c5ccccc5c5ccccc54)c(C)c3)nc(-c3cc(C)c(-n4c5ccccc5c5ccccc54)c(C)c3)n2)cc(C)c1-n1c2ccccc2c2ccccc21. The lowest BCUT2D eigenvalue weighted by Gasteiger charge is -2.18. The Morgan fingerprint density at radius 3 is 0.609 bits per heavy atom. The average Bonchev–Trinajstić information content (AvgIpc) is 3.99. The predicted molar refractivity (Wildman–Crippen MR) is 288 cm³/mol. The lowest BCUT2D eigenvalue weighted by atomic mass is 10.0. The maximum absolute atomic E-state index is 5.38. The summed E-state index contributed by atoms with van der Waals surface area (Å²) in [5.74, 6) is 1.91. The van der Waals surface area contributed by atoms with Gasteiger partial charge in [-0.25, -0.2) is 15.0 Å². The molecule has 4 aromatic heterocycles. The molecule has 0 saturated heterocycles. The second-order valence-electron chi connectivity index (χ2n) is 18.8. The van der Waals surface area contributed by atoms with E-state index in [2.05, 4.69) is 237 Å². The monoisotopic (exact) mass is 888 g/mol. The molecule has 4 heterocycles. The van der Waals surface area contributed by atoms with Gasteiger partial charge >= 0.3 is 0 Å². The molecule has 0 aliphatic heterocycles. The minimum Gasteiger partial charge on any atom is -0.309 e. The lowest BCUT2D eigenvalue weighted by molar-refractivity contribution is 1.06. The predicted octanol–water partition coefficient (Wildman–Crippen LogP) is 16.0. The fourth-order valence-electron chi connectivity index (χ4n) is 11.6. The van der Waals surface area contributed by atoms with Crippen LogP contribution in [0.4, 0.5) is 0 Å². The topological polar surface area (TPSA) is 53.5 Å². The van der Waals surface area contributed by atoms with Crippen LogP contribution in [0.15, 0.2) is 182 Å². The molecule has 0 unspecified atom stereocenters. The Morgan fingerprint density at radius 2 is 0.420 bits per heavy atom. The molecule has 0 bridgehead atoms. The van der Waals surface area contributed by atoms with Gasteiger partial charge in [0.2, 0.25) is 0 Å². The van der Waals surface area contributed by atoms with Gasteiger partial charge in [0.1, 0.15) is 0 Å². The van der Waals surface area contributed by atoms with Gasteiger partial charge in [-0.3, -0.25) is 0 Å². The van der Waals surface area contributed by atoms with Gasteiger partial charge in [0.15, 0.2) is 17.5 Å². The van der Waals surface area contributed by atoms with E-state index in [1.807, 2.05) is 0 Å². The molecule has 0 fully saturated rings. The third kappa shape index (κ3) is 6.22. The lowest BCUT2D eigenvalue weighted by Crippen LogP contribution is -2.06. The van der Waals surface area contributed by atoms with E-state index in [0.717, 1.165) is 50.1 Å². The van der Waals surface area contributed by atoms with Crippen molar-refractivity contribution in [3.8, 4) is 51.2 Å². The van der Waals surface area contributed by atoms with E-state index in [9.17, 15) is 0 Å². The van der Waals surface area contributed by atoms with Crippen molar-refractivity contribution in [3.05, 3.63) is 215 Å². The summed E-state index contributed by atoms with van der Waals surface area (Å²) in [4.78, 5) is 16.1. The molecule has 6 heteroatoms. The van der Waals surface area contributed by atoms with Crippen LogP contribution in [0, 0.1) is 41.5 Å².